The molecule has 0 spiro atoms. The van der Waals surface area contributed by atoms with Crippen LogP contribution in [0.2, 0.25) is 0 Å². The fourth-order valence-corrected chi connectivity index (χ4v) is 2.12. The van der Waals surface area contributed by atoms with Crippen LogP contribution in [0.1, 0.15) is 51.0 Å². The van der Waals surface area contributed by atoms with Crippen molar-refractivity contribution in [3.05, 3.63) is 34.7 Å². The van der Waals surface area contributed by atoms with Gasteiger partial charge in [-0.15, -0.1) is 0 Å². The molecule has 4 heteroatoms. The quantitative estimate of drug-likeness (QED) is 0.512. The summed E-state index contributed by atoms with van der Waals surface area (Å²) in [6.07, 6.45) is 8.86. The summed E-state index contributed by atoms with van der Waals surface area (Å²) in [6.45, 7) is 1.89. The Bertz CT molecular complexity index is 401. The summed E-state index contributed by atoms with van der Waals surface area (Å²) in [5.74, 6) is -0.372. The molecule has 0 bridgehead atoms. The van der Waals surface area contributed by atoms with Gasteiger partial charge in [0.1, 0.15) is 0 Å². The molecule has 110 valence electrons. The molecule has 0 unspecified atom stereocenters. The van der Waals surface area contributed by atoms with Crippen molar-refractivity contribution in [1.82, 2.24) is 0 Å². The van der Waals surface area contributed by atoms with Crippen molar-refractivity contribution in [2.24, 2.45) is 5.18 Å². The van der Waals surface area contributed by atoms with Crippen molar-refractivity contribution in [1.29, 1.82) is 0 Å². The molecule has 0 heterocycles. The summed E-state index contributed by atoms with van der Waals surface area (Å²) in [4.78, 5) is 21.2. The zero-order valence-electron chi connectivity index (χ0n) is 12.2. The minimum Gasteiger partial charge on any atom is -0.324 e. The monoisotopic (exact) mass is 276 g/mol. The van der Waals surface area contributed by atoms with Crippen LogP contribution >= 0.6 is 0 Å². The summed E-state index contributed by atoms with van der Waals surface area (Å²) in [7, 11) is 0. The maximum atomic E-state index is 11.2. The third-order valence-corrected chi connectivity index (χ3v) is 3.26. The molecule has 0 saturated heterocycles. The van der Waals surface area contributed by atoms with Crippen molar-refractivity contribution >= 4 is 11.6 Å². The molecule has 1 aromatic carbocycles. The molecule has 0 saturated carbocycles. The number of nitroso groups, excluding NO2 is 1. The van der Waals surface area contributed by atoms with Gasteiger partial charge in [0, 0.05) is 5.69 Å². The third kappa shape index (κ3) is 7.02. The maximum Gasteiger partial charge on any atom is 0.249 e. The Labute approximate surface area is 120 Å². The van der Waals surface area contributed by atoms with E-state index in [1.54, 1.807) is 0 Å². The molecule has 0 aliphatic carbocycles. The van der Waals surface area contributed by atoms with Crippen LogP contribution in [0.25, 0.3) is 0 Å². The first-order chi connectivity index (χ1) is 9.76. The smallest absolute Gasteiger partial charge is 0.249 e. The number of nitrogens with one attached hydrogen (secondary N) is 1. The number of amides is 1. The van der Waals surface area contributed by atoms with Gasteiger partial charge in [0.05, 0.1) is 0 Å². The zero-order valence-corrected chi connectivity index (χ0v) is 12.2. The number of benzene rings is 1. The fourth-order valence-electron chi connectivity index (χ4n) is 2.12. The SMILES string of the molecule is CCCCCCCCc1ccc(NC(=O)CN=O)cc1. The van der Waals surface area contributed by atoms with Crippen LogP contribution in [0.5, 0.6) is 0 Å². The summed E-state index contributed by atoms with van der Waals surface area (Å²) < 4.78 is 0. The molecule has 4 nitrogen and oxygen atoms in total. The van der Waals surface area contributed by atoms with Gasteiger partial charge in [-0.2, -0.15) is 4.91 Å². The molecule has 0 atom stereocenters. The second-order valence-corrected chi connectivity index (χ2v) is 5.05. The molecule has 0 radical (unpaired) electrons. The van der Waals surface area contributed by atoms with Crippen molar-refractivity contribution in [2.45, 2.75) is 51.9 Å². The van der Waals surface area contributed by atoms with Crippen LogP contribution in [-0.2, 0) is 11.2 Å². The van der Waals surface area contributed by atoms with E-state index in [1.165, 1.54) is 44.1 Å². The van der Waals surface area contributed by atoms with Crippen molar-refractivity contribution in [3.8, 4) is 0 Å². The van der Waals surface area contributed by atoms with E-state index in [2.05, 4.69) is 17.4 Å². The Morgan fingerprint density at radius 1 is 1.05 bits per heavy atom. The number of unbranched alkanes of at least 4 members (excludes halogenated alkanes) is 5. The van der Waals surface area contributed by atoms with Gasteiger partial charge in [-0.3, -0.25) is 4.79 Å². The van der Waals surface area contributed by atoms with E-state index in [0.29, 0.717) is 5.69 Å². The van der Waals surface area contributed by atoms with Gasteiger partial charge >= 0.3 is 0 Å². The number of carbonyl (C=O) groups is 1. The van der Waals surface area contributed by atoms with E-state index in [0.717, 1.165) is 6.42 Å². The number of anilines is 1. The van der Waals surface area contributed by atoms with Gasteiger partial charge < -0.3 is 5.32 Å². The van der Waals surface area contributed by atoms with E-state index >= 15 is 0 Å². The van der Waals surface area contributed by atoms with E-state index < -0.39 is 0 Å². The Morgan fingerprint density at radius 3 is 2.35 bits per heavy atom. The lowest BCUT2D eigenvalue weighted by Crippen LogP contribution is -2.14. The molecule has 0 fully saturated rings. The fraction of sp³-hybridized carbons (Fsp3) is 0.562. The summed E-state index contributed by atoms with van der Waals surface area (Å²) >= 11 is 0. The van der Waals surface area contributed by atoms with Gasteiger partial charge in [0.15, 0.2) is 6.54 Å². The molecule has 0 aliphatic rings. The van der Waals surface area contributed by atoms with Gasteiger partial charge in [-0.05, 0) is 30.5 Å². The number of rotatable bonds is 10. The van der Waals surface area contributed by atoms with E-state index in [9.17, 15) is 9.70 Å². The van der Waals surface area contributed by atoms with Gasteiger partial charge in [0.25, 0.3) is 0 Å². The number of aryl methyl sites for hydroxylation is 1. The lowest BCUT2D eigenvalue weighted by atomic mass is 10.0. The van der Waals surface area contributed by atoms with Gasteiger partial charge in [0.2, 0.25) is 5.91 Å². The number of hydrogen-bond donors (Lipinski definition) is 1. The molecule has 0 aromatic heterocycles. The topological polar surface area (TPSA) is 58.5 Å². The summed E-state index contributed by atoms with van der Waals surface area (Å²) in [6, 6.07) is 7.79. The standard InChI is InChI=1S/C16H24N2O2/c1-2-3-4-5-6-7-8-14-9-11-15(12-10-14)18-16(19)13-17-20/h9-12H,2-8,13H2,1H3,(H,18,19). The van der Waals surface area contributed by atoms with Crippen LogP contribution in [0.4, 0.5) is 5.69 Å². The highest BCUT2D eigenvalue weighted by Gasteiger charge is 2.01. The predicted octanol–water partition coefficient (Wildman–Crippen LogP) is 4.29. The summed E-state index contributed by atoms with van der Waals surface area (Å²) in [5.41, 5.74) is 2.00. The molecule has 20 heavy (non-hydrogen) atoms. The lowest BCUT2D eigenvalue weighted by Gasteiger charge is -2.05. The highest BCUT2D eigenvalue weighted by atomic mass is 16.3. The zero-order chi connectivity index (χ0) is 14.6. The first-order valence-electron chi connectivity index (χ1n) is 7.44. The molecule has 1 amide bonds. The van der Waals surface area contributed by atoms with Gasteiger partial charge in [-0.1, -0.05) is 56.3 Å². The maximum absolute atomic E-state index is 11.2. The molecule has 1 N–H and O–H groups in total. The van der Waals surface area contributed by atoms with E-state index in [-0.39, 0.29) is 12.5 Å². The lowest BCUT2D eigenvalue weighted by molar-refractivity contribution is -0.114. The Hall–Kier alpha value is -1.71. The number of hydrogen-bond acceptors (Lipinski definition) is 3. The first-order valence-corrected chi connectivity index (χ1v) is 7.44. The Balaban J connectivity index is 2.24. The first kappa shape index (κ1) is 16.3. The van der Waals surface area contributed by atoms with E-state index in [1.807, 2.05) is 24.3 Å². The molecular formula is C16H24N2O2. The van der Waals surface area contributed by atoms with Crippen LogP contribution in [-0.4, -0.2) is 12.5 Å². The average molecular weight is 276 g/mol. The second-order valence-electron chi connectivity index (χ2n) is 5.05. The highest BCUT2D eigenvalue weighted by molar-refractivity contribution is 5.92. The van der Waals surface area contributed by atoms with Crippen LogP contribution in [0, 0.1) is 4.91 Å². The number of nitrogens with zero attached hydrogens (tertiary/aromatic N) is 1. The van der Waals surface area contributed by atoms with Crippen molar-refractivity contribution < 1.29 is 4.79 Å². The van der Waals surface area contributed by atoms with Gasteiger partial charge in [-0.25, -0.2) is 0 Å². The van der Waals surface area contributed by atoms with E-state index in [4.69, 9.17) is 0 Å². The molecule has 0 aliphatic heterocycles. The normalized spacial score (nSPS) is 10.2. The number of carbonyl (C=O) groups excluding carboxylic acids is 1. The highest BCUT2D eigenvalue weighted by Crippen LogP contribution is 2.13. The second kappa shape index (κ2) is 10.1. The molecular weight excluding hydrogens is 252 g/mol. The third-order valence-electron chi connectivity index (χ3n) is 3.26. The van der Waals surface area contributed by atoms with Crippen LogP contribution in [0.3, 0.4) is 0 Å². The van der Waals surface area contributed by atoms with Crippen LogP contribution in [0.15, 0.2) is 29.4 Å². The minimum atomic E-state index is -0.372. The van der Waals surface area contributed by atoms with Crippen LogP contribution < -0.4 is 5.32 Å². The minimum absolute atomic E-state index is 0.334. The molecule has 1 aromatic rings. The Kier molecular flexibility index (Phi) is 8.27. The van der Waals surface area contributed by atoms with Crippen molar-refractivity contribution in [2.75, 3.05) is 11.9 Å². The largest absolute Gasteiger partial charge is 0.324 e. The summed E-state index contributed by atoms with van der Waals surface area (Å²) in [5, 5.41) is 5.19. The Morgan fingerprint density at radius 2 is 1.70 bits per heavy atom. The molecule has 1 rings (SSSR count). The predicted molar refractivity (Wildman–Crippen MR) is 82.8 cm³/mol. The average Bonchev–Trinajstić information content (AvgIpc) is 2.45. The van der Waals surface area contributed by atoms with Crippen molar-refractivity contribution in [3.63, 3.8) is 0 Å².